The summed E-state index contributed by atoms with van der Waals surface area (Å²) < 4.78 is 40.4. The average Bonchev–Trinajstić information content (AvgIpc) is 3.11. The summed E-state index contributed by atoms with van der Waals surface area (Å²) in [6, 6.07) is 10.3. The average molecular weight is 581 g/mol. The second kappa shape index (κ2) is 12.3. The molecule has 39 heavy (non-hydrogen) atoms. The smallest absolute Gasteiger partial charge is 0.200 e. The molecule has 0 bridgehead atoms. The Morgan fingerprint density at radius 2 is 1.44 bits per heavy atom. The first-order valence-corrected chi connectivity index (χ1v) is 19.9. The maximum atomic E-state index is 7.17. The van der Waals surface area contributed by atoms with Crippen LogP contribution in [-0.4, -0.2) is 59.7 Å². The molecule has 0 unspecified atom stereocenters. The molecule has 3 rings (SSSR count). The second-order valence-electron chi connectivity index (χ2n) is 14.4. The summed E-state index contributed by atoms with van der Waals surface area (Å²) in [7, 11) is -4.33. The van der Waals surface area contributed by atoms with Crippen LogP contribution in [0.25, 0.3) is 0 Å². The molecule has 2 heterocycles. The number of hydrogen-bond donors (Lipinski definition) is 0. The van der Waals surface area contributed by atoms with Crippen molar-refractivity contribution < 1.29 is 27.8 Å². The molecule has 2 saturated heterocycles. The van der Waals surface area contributed by atoms with E-state index in [-0.39, 0.29) is 23.4 Å². The lowest BCUT2D eigenvalue weighted by molar-refractivity contribution is -0.261. The molecule has 5 atom stereocenters. The van der Waals surface area contributed by atoms with Gasteiger partial charge in [-0.15, -0.1) is 0 Å². The largest absolute Gasteiger partial charge is 0.413 e. The van der Waals surface area contributed by atoms with Gasteiger partial charge in [0.25, 0.3) is 0 Å². The fourth-order valence-corrected chi connectivity index (χ4v) is 13.0. The van der Waals surface area contributed by atoms with Crippen molar-refractivity contribution in [2.24, 2.45) is 0 Å². The van der Waals surface area contributed by atoms with Crippen molar-refractivity contribution in [2.75, 3.05) is 6.61 Å². The molecule has 0 spiro atoms. The maximum Gasteiger partial charge on any atom is 0.200 e. The van der Waals surface area contributed by atoms with Crippen LogP contribution in [0.15, 0.2) is 30.3 Å². The zero-order valence-corrected chi connectivity index (χ0v) is 28.9. The SMILES string of the molecule is CC(C)[Si](OC[C@H]1O[C@@H]2OC(C)(C)O[C@@H]2[C@@H](OCc2ccccc2)[C@@H]1O[Si](C)(C)C(C)(C)C)(C(C)C)C(C)C. The molecule has 6 nitrogen and oxygen atoms in total. The summed E-state index contributed by atoms with van der Waals surface area (Å²) >= 11 is 0. The Morgan fingerprint density at radius 3 is 1.95 bits per heavy atom. The van der Waals surface area contributed by atoms with Crippen LogP contribution in [0.5, 0.6) is 0 Å². The van der Waals surface area contributed by atoms with Crippen LogP contribution in [0.3, 0.4) is 0 Å². The van der Waals surface area contributed by atoms with Crippen LogP contribution in [0.2, 0.25) is 34.8 Å². The van der Waals surface area contributed by atoms with Gasteiger partial charge in [-0.25, -0.2) is 0 Å². The highest BCUT2D eigenvalue weighted by Gasteiger charge is 2.58. The van der Waals surface area contributed by atoms with Crippen LogP contribution >= 0.6 is 0 Å². The van der Waals surface area contributed by atoms with E-state index in [1.54, 1.807) is 0 Å². The summed E-state index contributed by atoms with van der Waals surface area (Å²) in [6.07, 6.45) is -1.96. The standard InChI is InChI=1S/C31H56O6Si2/c1-21(2)39(22(3)4,23(5)6)33-20-25-26(37-38(12,13)30(7,8)9)27(32-19-24-17-15-14-16-18-24)28-29(34-25)36-31(10,11)35-28/h14-18,21-23,25-29H,19-20H2,1-13H3/t25-,26-,27+,28-,29-/m1/s1. The minimum Gasteiger partial charge on any atom is -0.413 e. The number of benzene rings is 1. The third-order valence-electron chi connectivity index (χ3n) is 9.14. The third kappa shape index (κ3) is 7.26. The summed E-state index contributed by atoms with van der Waals surface area (Å²) in [4.78, 5) is 0. The number of fused-ring (bicyclic) bond motifs is 1. The fourth-order valence-electron chi connectivity index (χ4n) is 6.21. The number of rotatable bonds is 11. The highest BCUT2D eigenvalue weighted by Crippen LogP contribution is 2.46. The Balaban J connectivity index is 2.00. The van der Waals surface area contributed by atoms with Gasteiger partial charge in [0.2, 0.25) is 0 Å². The zero-order valence-electron chi connectivity index (χ0n) is 26.9. The van der Waals surface area contributed by atoms with Crippen molar-refractivity contribution in [2.45, 2.75) is 154 Å². The van der Waals surface area contributed by atoms with Gasteiger partial charge in [0.1, 0.15) is 24.4 Å². The van der Waals surface area contributed by atoms with E-state index in [0.29, 0.717) is 29.8 Å². The van der Waals surface area contributed by atoms with E-state index < -0.39 is 34.8 Å². The molecule has 0 amide bonds. The van der Waals surface area contributed by atoms with Gasteiger partial charge < -0.3 is 27.8 Å². The summed E-state index contributed by atoms with van der Waals surface area (Å²) in [6.45, 7) is 30.1. The summed E-state index contributed by atoms with van der Waals surface area (Å²) in [5, 5.41) is 0.0256. The molecule has 0 aliphatic carbocycles. The first-order chi connectivity index (χ1) is 17.9. The van der Waals surface area contributed by atoms with Gasteiger partial charge in [0.05, 0.1) is 13.2 Å². The van der Waals surface area contributed by atoms with E-state index in [2.05, 4.69) is 87.5 Å². The lowest BCUT2D eigenvalue weighted by Crippen LogP contribution is -2.63. The molecule has 0 N–H and O–H groups in total. The van der Waals surface area contributed by atoms with Crippen LogP contribution in [0, 0.1) is 0 Å². The van der Waals surface area contributed by atoms with Crippen molar-refractivity contribution in [3.8, 4) is 0 Å². The van der Waals surface area contributed by atoms with Crippen molar-refractivity contribution in [3.05, 3.63) is 35.9 Å². The predicted octanol–water partition coefficient (Wildman–Crippen LogP) is 8.03. The normalized spacial score (nSPS) is 27.9. The van der Waals surface area contributed by atoms with Crippen LogP contribution in [0.1, 0.15) is 81.7 Å². The molecule has 8 heteroatoms. The molecule has 2 aliphatic rings. The number of ether oxygens (including phenoxy) is 4. The molecule has 2 aliphatic heterocycles. The van der Waals surface area contributed by atoms with Gasteiger partial charge in [0.15, 0.2) is 28.7 Å². The molecule has 1 aromatic carbocycles. The van der Waals surface area contributed by atoms with E-state index in [4.69, 9.17) is 27.8 Å². The first-order valence-electron chi connectivity index (χ1n) is 14.9. The van der Waals surface area contributed by atoms with E-state index in [1.807, 2.05) is 32.0 Å². The quantitative estimate of drug-likeness (QED) is 0.247. The highest BCUT2D eigenvalue weighted by molar-refractivity contribution is 6.77. The topological polar surface area (TPSA) is 55.4 Å². The maximum absolute atomic E-state index is 7.17. The Bertz CT molecular complexity index is 890. The molecule has 0 aromatic heterocycles. The van der Waals surface area contributed by atoms with E-state index >= 15 is 0 Å². The molecular weight excluding hydrogens is 525 g/mol. The predicted molar refractivity (Wildman–Crippen MR) is 163 cm³/mol. The lowest BCUT2D eigenvalue weighted by Gasteiger charge is -2.49. The van der Waals surface area contributed by atoms with E-state index in [0.717, 1.165) is 5.56 Å². The minimum absolute atomic E-state index is 0.0256. The highest BCUT2D eigenvalue weighted by atomic mass is 28.4. The molecule has 2 fully saturated rings. The van der Waals surface area contributed by atoms with Crippen molar-refractivity contribution >= 4 is 16.6 Å². The first kappa shape index (κ1) is 32.9. The Morgan fingerprint density at radius 1 is 0.872 bits per heavy atom. The minimum atomic E-state index is -2.20. The molecule has 1 aromatic rings. The Hall–Kier alpha value is -0.586. The van der Waals surface area contributed by atoms with Gasteiger partial charge in [0, 0.05) is 0 Å². The summed E-state index contributed by atoms with van der Waals surface area (Å²) in [5.41, 5.74) is 2.54. The van der Waals surface area contributed by atoms with Crippen molar-refractivity contribution in [1.82, 2.24) is 0 Å². The van der Waals surface area contributed by atoms with Crippen LogP contribution in [-0.2, 0) is 34.4 Å². The van der Waals surface area contributed by atoms with Gasteiger partial charge in [-0.2, -0.15) is 0 Å². The van der Waals surface area contributed by atoms with Gasteiger partial charge in [-0.3, -0.25) is 0 Å². The van der Waals surface area contributed by atoms with E-state index in [9.17, 15) is 0 Å². The van der Waals surface area contributed by atoms with Crippen LogP contribution < -0.4 is 0 Å². The monoisotopic (exact) mass is 580 g/mol. The van der Waals surface area contributed by atoms with Crippen molar-refractivity contribution in [3.63, 3.8) is 0 Å². The number of hydrogen-bond acceptors (Lipinski definition) is 6. The Kier molecular flexibility index (Phi) is 10.4. The molecule has 0 saturated carbocycles. The van der Waals surface area contributed by atoms with Gasteiger partial charge in [-0.1, -0.05) is 92.6 Å². The van der Waals surface area contributed by atoms with Gasteiger partial charge in [-0.05, 0) is 54.2 Å². The molecule has 0 radical (unpaired) electrons. The van der Waals surface area contributed by atoms with E-state index in [1.165, 1.54) is 0 Å². The lowest BCUT2D eigenvalue weighted by atomic mass is 9.99. The summed E-state index contributed by atoms with van der Waals surface area (Å²) in [5.74, 6) is -0.771. The third-order valence-corrected chi connectivity index (χ3v) is 19.7. The van der Waals surface area contributed by atoms with Crippen molar-refractivity contribution in [1.29, 1.82) is 0 Å². The Labute approximate surface area is 240 Å². The molecule has 224 valence electrons. The van der Waals surface area contributed by atoms with Crippen LogP contribution in [0.4, 0.5) is 0 Å². The molecular formula is C31H56O6Si2. The van der Waals surface area contributed by atoms with Gasteiger partial charge >= 0.3 is 0 Å². The zero-order chi connectivity index (χ0) is 29.4. The fraction of sp³-hybridized carbons (Fsp3) is 0.806. The second-order valence-corrected chi connectivity index (χ2v) is 24.6.